The van der Waals surface area contributed by atoms with Crippen LogP contribution >= 0.6 is 11.8 Å². The van der Waals surface area contributed by atoms with Crippen molar-refractivity contribution in [2.45, 2.75) is 20.3 Å². The summed E-state index contributed by atoms with van der Waals surface area (Å²) in [6, 6.07) is 0. The maximum atomic E-state index is 8.62. The first-order valence-corrected chi connectivity index (χ1v) is 4.65. The number of aliphatic hydroxyl groups excluding tert-OH is 1. The van der Waals surface area contributed by atoms with Gasteiger partial charge < -0.3 is 5.11 Å². The molecule has 1 atom stereocenters. The molecule has 0 aromatic carbocycles. The molecule has 2 heteroatoms. The average Bonchev–Trinajstić information content (AvgIpc) is 1.89. The molecule has 9 heavy (non-hydrogen) atoms. The molecule has 1 nitrogen and oxygen atoms in total. The van der Waals surface area contributed by atoms with Crippen LogP contribution in [-0.4, -0.2) is 23.2 Å². The summed E-state index contributed by atoms with van der Waals surface area (Å²) in [4.78, 5) is 0. The zero-order valence-corrected chi connectivity index (χ0v) is 7.08. The van der Waals surface area contributed by atoms with Crippen LogP contribution in [0.2, 0.25) is 0 Å². The van der Waals surface area contributed by atoms with E-state index in [0.717, 1.165) is 5.75 Å². The largest absolute Gasteiger partial charge is 0.396 e. The van der Waals surface area contributed by atoms with Crippen molar-refractivity contribution < 1.29 is 5.11 Å². The fourth-order valence-electron chi connectivity index (χ4n) is 0.482. The number of aliphatic hydroxyl groups is 1. The van der Waals surface area contributed by atoms with Crippen molar-refractivity contribution in [1.29, 1.82) is 0 Å². The quantitative estimate of drug-likeness (QED) is 0.599. The number of thioether (sulfide) groups is 1. The lowest BCUT2D eigenvalue weighted by Crippen LogP contribution is -2.03. The number of rotatable bonds is 5. The third kappa shape index (κ3) is 6.19. The molecule has 56 valence electrons. The summed E-state index contributed by atoms with van der Waals surface area (Å²) in [6.45, 7) is 4.58. The fourth-order valence-corrected chi connectivity index (χ4v) is 1.44. The zero-order valence-electron chi connectivity index (χ0n) is 6.26. The molecule has 0 radical (unpaired) electrons. The molecular weight excluding hydrogens is 132 g/mol. The summed E-state index contributed by atoms with van der Waals surface area (Å²) in [5.41, 5.74) is 0. The highest BCUT2D eigenvalue weighted by molar-refractivity contribution is 7.99. The van der Waals surface area contributed by atoms with Crippen LogP contribution in [0.15, 0.2) is 0 Å². The van der Waals surface area contributed by atoms with Crippen LogP contribution < -0.4 is 0 Å². The summed E-state index contributed by atoms with van der Waals surface area (Å²) in [5.74, 6) is 2.80. The van der Waals surface area contributed by atoms with Gasteiger partial charge in [-0.2, -0.15) is 11.8 Å². The lowest BCUT2D eigenvalue weighted by molar-refractivity contribution is 0.250. The average molecular weight is 148 g/mol. The Bertz CT molecular complexity index is 56.9. The standard InChI is InChI=1S/C7H16OS/c1-3-4-9-6-7(2)5-8/h7-8H,3-6H2,1-2H3/t7-/m1/s1. The van der Waals surface area contributed by atoms with Gasteiger partial charge >= 0.3 is 0 Å². The van der Waals surface area contributed by atoms with Gasteiger partial charge in [-0.1, -0.05) is 13.8 Å². The van der Waals surface area contributed by atoms with Crippen molar-refractivity contribution in [1.82, 2.24) is 0 Å². The zero-order chi connectivity index (χ0) is 7.11. The first-order valence-electron chi connectivity index (χ1n) is 3.49. The van der Waals surface area contributed by atoms with E-state index in [1.807, 2.05) is 11.8 Å². The highest BCUT2D eigenvalue weighted by atomic mass is 32.2. The molecule has 0 spiro atoms. The molecule has 1 N–H and O–H groups in total. The van der Waals surface area contributed by atoms with Crippen LogP contribution in [0.4, 0.5) is 0 Å². The fraction of sp³-hybridized carbons (Fsp3) is 1.00. The van der Waals surface area contributed by atoms with Gasteiger partial charge in [-0.3, -0.25) is 0 Å². The van der Waals surface area contributed by atoms with Gasteiger partial charge in [0.1, 0.15) is 0 Å². The smallest absolute Gasteiger partial charge is 0.0464 e. The first-order chi connectivity index (χ1) is 4.31. The molecule has 0 aliphatic rings. The minimum Gasteiger partial charge on any atom is -0.396 e. The highest BCUT2D eigenvalue weighted by Gasteiger charge is 1.97. The Morgan fingerprint density at radius 3 is 2.67 bits per heavy atom. The molecule has 0 saturated heterocycles. The Morgan fingerprint density at radius 1 is 1.56 bits per heavy atom. The van der Waals surface area contributed by atoms with E-state index in [4.69, 9.17) is 5.11 Å². The highest BCUT2D eigenvalue weighted by Crippen LogP contribution is 2.07. The van der Waals surface area contributed by atoms with E-state index in [2.05, 4.69) is 13.8 Å². The van der Waals surface area contributed by atoms with Gasteiger partial charge in [-0.05, 0) is 23.8 Å². The normalized spacial score (nSPS) is 13.7. The van der Waals surface area contributed by atoms with Crippen LogP contribution in [0, 0.1) is 5.92 Å². The molecule has 0 aliphatic carbocycles. The maximum absolute atomic E-state index is 8.62. The molecule has 0 heterocycles. The Labute approximate surface area is 61.8 Å². The Balaban J connectivity index is 2.88. The van der Waals surface area contributed by atoms with E-state index in [-0.39, 0.29) is 0 Å². The molecular formula is C7H16OS. The minimum atomic E-state index is 0.330. The van der Waals surface area contributed by atoms with Crippen molar-refractivity contribution in [3.63, 3.8) is 0 Å². The molecule has 0 bridgehead atoms. The van der Waals surface area contributed by atoms with Gasteiger partial charge in [0.2, 0.25) is 0 Å². The SMILES string of the molecule is CCCSC[C@H](C)CO. The van der Waals surface area contributed by atoms with E-state index >= 15 is 0 Å². The van der Waals surface area contributed by atoms with E-state index in [1.54, 1.807) is 0 Å². The molecule has 0 aromatic heterocycles. The van der Waals surface area contributed by atoms with Gasteiger partial charge in [0.15, 0.2) is 0 Å². The summed E-state index contributed by atoms with van der Waals surface area (Å²) in [7, 11) is 0. The molecule has 0 aliphatic heterocycles. The van der Waals surface area contributed by atoms with Crippen molar-refractivity contribution in [2.24, 2.45) is 5.92 Å². The third-order valence-corrected chi connectivity index (χ3v) is 2.56. The number of hydrogen-bond acceptors (Lipinski definition) is 2. The maximum Gasteiger partial charge on any atom is 0.0464 e. The lowest BCUT2D eigenvalue weighted by Gasteiger charge is -2.04. The monoisotopic (exact) mass is 148 g/mol. The van der Waals surface area contributed by atoms with Gasteiger partial charge in [0, 0.05) is 6.61 Å². The second kappa shape index (κ2) is 6.43. The Hall–Kier alpha value is 0.310. The summed E-state index contributed by atoms with van der Waals surface area (Å²) < 4.78 is 0. The van der Waals surface area contributed by atoms with E-state index in [1.165, 1.54) is 12.2 Å². The van der Waals surface area contributed by atoms with E-state index in [9.17, 15) is 0 Å². The van der Waals surface area contributed by atoms with Gasteiger partial charge in [0.05, 0.1) is 0 Å². The van der Waals surface area contributed by atoms with Crippen molar-refractivity contribution in [2.75, 3.05) is 18.1 Å². The number of hydrogen-bond donors (Lipinski definition) is 1. The molecule has 0 unspecified atom stereocenters. The second-order valence-electron chi connectivity index (χ2n) is 2.36. The van der Waals surface area contributed by atoms with Gasteiger partial charge in [-0.25, -0.2) is 0 Å². The summed E-state index contributed by atoms with van der Waals surface area (Å²) >= 11 is 1.93. The summed E-state index contributed by atoms with van der Waals surface area (Å²) in [5, 5.41) is 8.62. The van der Waals surface area contributed by atoms with E-state index in [0.29, 0.717) is 12.5 Å². The van der Waals surface area contributed by atoms with Crippen LogP contribution in [-0.2, 0) is 0 Å². The second-order valence-corrected chi connectivity index (χ2v) is 3.51. The lowest BCUT2D eigenvalue weighted by atomic mass is 10.2. The van der Waals surface area contributed by atoms with Crippen LogP contribution in [0.1, 0.15) is 20.3 Å². The van der Waals surface area contributed by atoms with Crippen molar-refractivity contribution >= 4 is 11.8 Å². The van der Waals surface area contributed by atoms with Crippen molar-refractivity contribution in [3.8, 4) is 0 Å². The first kappa shape index (κ1) is 9.31. The molecule has 0 rings (SSSR count). The van der Waals surface area contributed by atoms with E-state index < -0.39 is 0 Å². The van der Waals surface area contributed by atoms with Crippen molar-refractivity contribution in [3.05, 3.63) is 0 Å². The predicted octanol–water partition coefficient (Wildman–Crippen LogP) is 1.76. The van der Waals surface area contributed by atoms with Crippen LogP contribution in [0.25, 0.3) is 0 Å². The van der Waals surface area contributed by atoms with Crippen LogP contribution in [0.5, 0.6) is 0 Å². The van der Waals surface area contributed by atoms with Gasteiger partial charge in [-0.15, -0.1) is 0 Å². The predicted molar refractivity (Wildman–Crippen MR) is 43.9 cm³/mol. The third-order valence-electron chi connectivity index (χ3n) is 1.06. The van der Waals surface area contributed by atoms with Crippen LogP contribution in [0.3, 0.4) is 0 Å². The van der Waals surface area contributed by atoms with Gasteiger partial charge in [0.25, 0.3) is 0 Å². The topological polar surface area (TPSA) is 20.2 Å². The Morgan fingerprint density at radius 2 is 2.22 bits per heavy atom. The molecule has 0 amide bonds. The summed E-state index contributed by atoms with van der Waals surface area (Å²) in [6.07, 6.45) is 1.24. The Kier molecular flexibility index (Phi) is 6.65. The molecule has 0 aromatic rings. The molecule has 0 fully saturated rings. The molecule has 0 saturated carbocycles. The minimum absolute atomic E-state index is 0.330.